The summed E-state index contributed by atoms with van der Waals surface area (Å²) in [6.45, 7) is 3.24. The first kappa shape index (κ1) is 10.8. The van der Waals surface area contributed by atoms with Gasteiger partial charge in [-0.15, -0.1) is 0 Å². The van der Waals surface area contributed by atoms with Gasteiger partial charge in [0.25, 0.3) is 0 Å². The largest absolute Gasteiger partial charge is 0.481 e. The highest BCUT2D eigenvalue weighted by atomic mass is 16.4. The van der Waals surface area contributed by atoms with Gasteiger partial charge in [-0.1, -0.05) is 19.1 Å². The molecule has 3 atom stereocenters. The van der Waals surface area contributed by atoms with E-state index < -0.39 is 23.3 Å². The maximum atomic E-state index is 11.1. The maximum Gasteiger partial charge on any atom is 0.310 e. The minimum absolute atomic E-state index is 0.255. The highest BCUT2D eigenvalue weighted by molar-refractivity contribution is 5.84. The summed E-state index contributed by atoms with van der Waals surface area (Å²) in [5, 5.41) is 18.0. The van der Waals surface area contributed by atoms with E-state index >= 15 is 0 Å². The van der Waals surface area contributed by atoms with E-state index in [1.807, 2.05) is 0 Å². The molecule has 0 bridgehead atoms. The van der Waals surface area contributed by atoms with Gasteiger partial charge in [-0.25, -0.2) is 0 Å². The van der Waals surface area contributed by atoms with E-state index in [2.05, 4.69) is 0 Å². The molecule has 0 heterocycles. The topological polar surface area (TPSA) is 74.6 Å². The second-order valence-corrected chi connectivity index (χ2v) is 3.93. The SMILES string of the molecule is C[C@@H]1C=CC[C@@H](C(=O)O)[C@@]1(C)C(=O)O. The van der Waals surface area contributed by atoms with Crippen molar-refractivity contribution in [2.75, 3.05) is 0 Å². The summed E-state index contributed by atoms with van der Waals surface area (Å²) < 4.78 is 0. The standard InChI is InChI=1S/C10H14O4/c1-6-4-3-5-7(8(11)12)10(6,2)9(13)14/h3-4,6-7H,5H2,1-2H3,(H,11,12)(H,13,14)/t6-,7+,10+/m1/s1. The summed E-state index contributed by atoms with van der Waals surface area (Å²) in [4.78, 5) is 22.0. The Labute approximate surface area is 82.2 Å². The van der Waals surface area contributed by atoms with Gasteiger partial charge < -0.3 is 10.2 Å². The van der Waals surface area contributed by atoms with E-state index in [9.17, 15) is 9.59 Å². The summed E-state index contributed by atoms with van der Waals surface area (Å²) in [6.07, 6.45) is 3.81. The van der Waals surface area contributed by atoms with Crippen LogP contribution in [0.3, 0.4) is 0 Å². The first-order valence-electron chi connectivity index (χ1n) is 4.53. The fourth-order valence-electron chi connectivity index (χ4n) is 1.88. The number of allylic oxidation sites excluding steroid dienone is 2. The molecule has 0 saturated heterocycles. The molecule has 78 valence electrons. The average Bonchev–Trinajstić information content (AvgIpc) is 2.08. The highest BCUT2D eigenvalue weighted by Gasteiger charge is 2.49. The van der Waals surface area contributed by atoms with E-state index in [0.717, 1.165) is 0 Å². The highest BCUT2D eigenvalue weighted by Crippen LogP contribution is 2.42. The van der Waals surface area contributed by atoms with Crippen LogP contribution >= 0.6 is 0 Å². The summed E-state index contributed by atoms with van der Waals surface area (Å²) in [6, 6.07) is 0. The van der Waals surface area contributed by atoms with Gasteiger partial charge in [0.05, 0.1) is 11.3 Å². The first-order chi connectivity index (χ1) is 6.40. The second-order valence-electron chi connectivity index (χ2n) is 3.93. The molecule has 0 spiro atoms. The van der Waals surface area contributed by atoms with Gasteiger partial charge in [-0.05, 0) is 19.3 Å². The Kier molecular flexibility index (Phi) is 2.64. The third kappa shape index (κ3) is 1.41. The molecule has 0 fully saturated rings. The molecule has 14 heavy (non-hydrogen) atoms. The van der Waals surface area contributed by atoms with Gasteiger partial charge >= 0.3 is 11.9 Å². The van der Waals surface area contributed by atoms with Crippen molar-refractivity contribution < 1.29 is 19.8 Å². The lowest BCUT2D eigenvalue weighted by Crippen LogP contribution is -2.45. The molecule has 0 aromatic heterocycles. The molecule has 1 aliphatic carbocycles. The van der Waals surface area contributed by atoms with E-state index in [4.69, 9.17) is 10.2 Å². The van der Waals surface area contributed by atoms with Gasteiger partial charge in [0, 0.05) is 0 Å². The lowest BCUT2D eigenvalue weighted by atomic mass is 9.64. The second kappa shape index (κ2) is 3.44. The number of hydrogen-bond acceptors (Lipinski definition) is 2. The normalized spacial score (nSPS) is 36.7. The Hall–Kier alpha value is -1.32. The molecule has 0 aromatic carbocycles. The minimum atomic E-state index is -1.19. The molecule has 4 nitrogen and oxygen atoms in total. The van der Waals surface area contributed by atoms with Crippen molar-refractivity contribution in [3.8, 4) is 0 Å². The summed E-state index contributed by atoms with van der Waals surface area (Å²) >= 11 is 0. The number of carbonyl (C=O) groups is 2. The Morgan fingerprint density at radius 1 is 1.43 bits per heavy atom. The van der Waals surface area contributed by atoms with Crippen LogP contribution in [0.15, 0.2) is 12.2 Å². The molecule has 1 rings (SSSR count). The fraction of sp³-hybridized carbons (Fsp3) is 0.600. The van der Waals surface area contributed by atoms with Crippen molar-refractivity contribution in [2.24, 2.45) is 17.3 Å². The molecule has 1 aliphatic rings. The Morgan fingerprint density at radius 2 is 2.00 bits per heavy atom. The predicted octanol–water partition coefficient (Wildman–Crippen LogP) is 1.37. The molecule has 0 aromatic rings. The van der Waals surface area contributed by atoms with Crippen molar-refractivity contribution >= 4 is 11.9 Å². The molecule has 4 heteroatoms. The molecular weight excluding hydrogens is 184 g/mol. The average molecular weight is 198 g/mol. The lowest BCUT2D eigenvalue weighted by molar-refractivity contribution is -0.164. The quantitative estimate of drug-likeness (QED) is 0.657. The van der Waals surface area contributed by atoms with Crippen molar-refractivity contribution in [3.63, 3.8) is 0 Å². The van der Waals surface area contributed by atoms with E-state index in [-0.39, 0.29) is 5.92 Å². The van der Waals surface area contributed by atoms with Crippen molar-refractivity contribution in [1.29, 1.82) is 0 Å². The van der Waals surface area contributed by atoms with Crippen LogP contribution < -0.4 is 0 Å². The zero-order chi connectivity index (χ0) is 10.9. The van der Waals surface area contributed by atoms with Crippen LogP contribution in [0.2, 0.25) is 0 Å². The molecule has 0 unspecified atom stereocenters. The zero-order valence-corrected chi connectivity index (χ0v) is 8.23. The molecule has 0 amide bonds. The fourth-order valence-corrected chi connectivity index (χ4v) is 1.88. The molecule has 2 N–H and O–H groups in total. The lowest BCUT2D eigenvalue weighted by Gasteiger charge is -2.37. The Balaban J connectivity index is 3.13. The predicted molar refractivity (Wildman–Crippen MR) is 49.8 cm³/mol. The zero-order valence-electron chi connectivity index (χ0n) is 8.23. The van der Waals surface area contributed by atoms with Crippen LogP contribution in [0.1, 0.15) is 20.3 Å². The van der Waals surface area contributed by atoms with Gasteiger partial charge in [-0.3, -0.25) is 9.59 Å². The first-order valence-corrected chi connectivity index (χ1v) is 4.53. The smallest absolute Gasteiger partial charge is 0.310 e. The van der Waals surface area contributed by atoms with Gasteiger partial charge in [0.1, 0.15) is 0 Å². The molecular formula is C10H14O4. The number of aliphatic carboxylic acids is 2. The molecule has 0 saturated carbocycles. The van der Waals surface area contributed by atoms with E-state index in [1.165, 1.54) is 6.92 Å². The summed E-state index contributed by atoms with van der Waals surface area (Å²) in [7, 11) is 0. The number of rotatable bonds is 2. The minimum Gasteiger partial charge on any atom is -0.481 e. The van der Waals surface area contributed by atoms with Crippen LogP contribution in [0.4, 0.5) is 0 Å². The van der Waals surface area contributed by atoms with Crippen molar-refractivity contribution in [3.05, 3.63) is 12.2 Å². The third-order valence-electron chi connectivity index (χ3n) is 3.23. The number of carboxylic acid groups (broad SMARTS) is 2. The van der Waals surface area contributed by atoms with Gasteiger partial charge in [0.2, 0.25) is 0 Å². The van der Waals surface area contributed by atoms with Crippen LogP contribution in [0.5, 0.6) is 0 Å². The molecule has 0 radical (unpaired) electrons. The third-order valence-corrected chi connectivity index (χ3v) is 3.23. The van der Waals surface area contributed by atoms with Gasteiger partial charge in [-0.2, -0.15) is 0 Å². The summed E-state index contributed by atoms with van der Waals surface area (Å²) in [5.41, 5.74) is -1.19. The number of carboxylic acids is 2. The monoisotopic (exact) mass is 198 g/mol. The van der Waals surface area contributed by atoms with Crippen molar-refractivity contribution in [2.45, 2.75) is 20.3 Å². The maximum absolute atomic E-state index is 11.1. The Bertz CT molecular complexity index is 294. The van der Waals surface area contributed by atoms with Crippen molar-refractivity contribution in [1.82, 2.24) is 0 Å². The van der Waals surface area contributed by atoms with Crippen LogP contribution in [0, 0.1) is 17.3 Å². The molecule has 0 aliphatic heterocycles. The van der Waals surface area contributed by atoms with Crippen LogP contribution in [-0.4, -0.2) is 22.2 Å². The van der Waals surface area contributed by atoms with E-state index in [0.29, 0.717) is 6.42 Å². The Morgan fingerprint density at radius 3 is 2.36 bits per heavy atom. The number of hydrogen-bond donors (Lipinski definition) is 2. The summed E-state index contributed by atoms with van der Waals surface area (Å²) in [5.74, 6) is -3.16. The van der Waals surface area contributed by atoms with Gasteiger partial charge in [0.15, 0.2) is 0 Å². The van der Waals surface area contributed by atoms with Crippen LogP contribution in [-0.2, 0) is 9.59 Å². The van der Waals surface area contributed by atoms with Crippen LogP contribution in [0.25, 0.3) is 0 Å². The van der Waals surface area contributed by atoms with E-state index in [1.54, 1.807) is 19.1 Å².